The fourth-order valence-corrected chi connectivity index (χ4v) is 4.73. The lowest BCUT2D eigenvalue weighted by Gasteiger charge is -2.13. The van der Waals surface area contributed by atoms with Gasteiger partial charge >= 0.3 is 0 Å². The molecule has 3 aromatic rings. The molecule has 3 aromatic heterocycles. The molecule has 0 aromatic carbocycles. The molecule has 0 unspecified atom stereocenters. The fourth-order valence-electron chi connectivity index (χ4n) is 2.72. The summed E-state index contributed by atoms with van der Waals surface area (Å²) in [5, 5.41) is 16.7. The summed E-state index contributed by atoms with van der Waals surface area (Å²) >= 11 is 8.53. The number of rotatable bonds is 6. The molecule has 1 aliphatic carbocycles. The molecular weight excluding hydrogens is 445 g/mol. The van der Waals surface area contributed by atoms with Crippen LogP contribution in [-0.4, -0.2) is 38.5 Å². The molecule has 152 valence electrons. The van der Waals surface area contributed by atoms with Crippen LogP contribution < -0.4 is 4.72 Å². The van der Waals surface area contributed by atoms with Gasteiger partial charge in [0.1, 0.15) is 13.3 Å². The Kier molecular flexibility index (Phi) is 5.77. The number of nitrogens with one attached hydrogen (secondary N) is 1. The van der Waals surface area contributed by atoms with Crippen LogP contribution in [0.25, 0.3) is 16.2 Å². The first-order chi connectivity index (χ1) is 14.0. The van der Waals surface area contributed by atoms with E-state index in [2.05, 4.69) is 26.8 Å². The molecule has 0 saturated heterocycles. The van der Waals surface area contributed by atoms with Crippen molar-refractivity contribution in [1.29, 1.82) is 0 Å². The Morgan fingerprint density at radius 2 is 2.17 bits per heavy atom. The van der Waals surface area contributed by atoms with Crippen molar-refractivity contribution < 1.29 is 18.3 Å². The number of aromatic nitrogens is 3. The van der Waals surface area contributed by atoms with Crippen molar-refractivity contribution in [1.82, 2.24) is 19.3 Å². The first-order valence-electron chi connectivity index (χ1n) is 8.52. The van der Waals surface area contributed by atoms with Crippen molar-refractivity contribution in [3.8, 4) is 22.5 Å². The predicted octanol–water partition coefficient (Wildman–Crippen LogP) is 4.49. The Balaban J connectivity index is 1.80. The van der Waals surface area contributed by atoms with Gasteiger partial charge in [0.2, 0.25) is 0 Å². The molecule has 1 fully saturated rings. The Morgan fingerprint density at radius 1 is 1.38 bits per heavy atom. The highest BCUT2D eigenvalue weighted by atomic mass is 35.5. The smallest absolute Gasteiger partial charge is 0.291 e. The topological polar surface area (TPSA) is 62.5 Å². The molecule has 3 heterocycles. The van der Waals surface area contributed by atoms with Crippen LogP contribution in [0.1, 0.15) is 29.8 Å². The molecule has 0 spiro atoms. The molecule has 0 aliphatic heterocycles. The SMILES string of the molecule is OCC#Cc1cc(-c2nnc(C(F)F)s2)n2cc(SNC3(CF)CC3)cc(Cl)c12. The highest BCUT2D eigenvalue weighted by molar-refractivity contribution is 7.97. The van der Waals surface area contributed by atoms with Crippen LogP contribution in [0.5, 0.6) is 0 Å². The van der Waals surface area contributed by atoms with Gasteiger partial charge in [0, 0.05) is 11.1 Å². The maximum absolute atomic E-state index is 13.1. The van der Waals surface area contributed by atoms with Crippen molar-refractivity contribution in [2.75, 3.05) is 13.3 Å². The average molecular weight is 459 g/mol. The second-order valence-electron chi connectivity index (χ2n) is 6.51. The second kappa shape index (κ2) is 8.16. The van der Waals surface area contributed by atoms with E-state index in [0.717, 1.165) is 29.1 Å². The van der Waals surface area contributed by atoms with Crippen molar-refractivity contribution >= 4 is 40.4 Å². The third kappa shape index (κ3) is 4.11. The number of aliphatic hydroxyl groups is 1. The average Bonchev–Trinajstić information content (AvgIpc) is 3.15. The van der Waals surface area contributed by atoms with E-state index in [1.165, 1.54) is 11.9 Å². The molecule has 0 bridgehead atoms. The maximum Gasteiger partial charge on any atom is 0.291 e. The largest absolute Gasteiger partial charge is 0.384 e. The van der Waals surface area contributed by atoms with E-state index in [1.807, 2.05) is 0 Å². The summed E-state index contributed by atoms with van der Waals surface area (Å²) in [6, 6.07) is 3.40. The summed E-state index contributed by atoms with van der Waals surface area (Å²) in [6.45, 7) is -0.783. The number of hydrogen-bond donors (Lipinski definition) is 2. The van der Waals surface area contributed by atoms with E-state index < -0.39 is 18.6 Å². The van der Waals surface area contributed by atoms with Gasteiger partial charge in [-0.1, -0.05) is 34.8 Å². The predicted molar refractivity (Wildman–Crippen MR) is 107 cm³/mol. The van der Waals surface area contributed by atoms with E-state index >= 15 is 0 Å². The number of halogens is 4. The number of aliphatic hydroxyl groups excluding tert-OH is 1. The van der Waals surface area contributed by atoms with E-state index in [1.54, 1.807) is 22.7 Å². The molecule has 0 atom stereocenters. The molecule has 2 N–H and O–H groups in total. The molecule has 4 rings (SSSR count). The highest BCUT2D eigenvalue weighted by Crippen LogP contribution is 2.40. The molecule has 29 heavy (non-hydrogen) atoms. The lowest BCUT2D eigenvalue weighted by Crippen LogP contribution is -2.27. The third-order valence-electron chi connectivity index (χ3n) is 4.43. The number of nitrogens with zero attached hydrogens (tertiary/aromatic N) is 3. The summed E-state index contributed by atoms with van der Waals surface area (Å²) in [5.74, 6) is 5.39. The molecule has 1 aliphatic rings. The molecule has 5 nitrogen and oxygen atoms in total. The Morgan fingerprint density at radius 3 is 2.79 bits per heavy atom. The lowest BCUT2D eigenvalue weighted by molar-refractivity contribution is 0.150. The molecule has 11 heteroatoms. The Labute approximate surface area is 177 Å². The fraction of sp³-hybridized carbons (Fsp3) is 0.333. The van der Waals surface area contributed by atoms with Crippen LogP contribution >= 0.6 is 34.9 Å². The molecule has 0 amide bonds. The van der Waals surface area contributed by atoms with E-state index in [0.29, 0.717) is 26.8 Å². The van der Waals surface area contributed by atoms with Gasteiger partial charge in [-0.05, 0) is 36.9 Å². The zero-order valence-electron chi connectivity index (χ0n) is 14.8. The number of pyridine rings is 1. The van der Waals surface area contributed by atoms with Gasteiger partial charge < -0.3 is 9.51 Å². The molecular formula is C18H14ClF3N4OS2. The van der Waals surface area contributed by atoms with Crippen molar-refractivity contribution in [3.05, 3.63) is 33.9 Å². The molecule has 0 radical (unpaired) electrons. The van der Waals surface area contributed by atoms with Gasteiger partial charge in [-0.15, -0.1) is 10.2 Å². The van der Waals surface area contributed by atoms with Crippen LogP contribution in [0.4, 0.5) is 13.2 Å². The number of alkyl halides is 3. The summed E-state index contributed by atoms with van der Waals surface area (Å²) in [4.78, 5) is 0.722. The standard InChI is InChI=1S/C18H14ClF3N4OS2/c19-12-7-11(29-25-18(9-20)3-4-18)8-26-13(6-10(14(12)26)2-1-5-27)16-23-24-17(28-16)15(21)22/h6-8,15,25,27H,3-5,9H2. The van der Waals surface area contributed by atoms with Crippen LogP contribution in [0.2, 0.25) is 5.02 Å². The quantitative estimate of drug-likeness (QED) is 0.421. The lowest BCUT2D eigenvalue weighted by atomic mass is 10.2. The van der Waals surface area contributed by atoms with E-state index in [4.69, 9.17) is 16.7 Å². The van der Waals surface area contributed by atoms with E-state index in [-0.39, 0.29) is 11.6 Å². The summed E-state index contributed by atoms with van der Waals surface area (Å²) in [6.07, 6.45) is 0.582. The maximum atomic E-state index is 13.1. The van der Waals surface area contributed by atoms with Crippen molar-refractivity contribution in [2.24, 2.45) is 0 Å². The summed E-state index contributed by atoms with van der Waals surface area (Å²) in [7, 11) is 0. The normalized spacial score (nSPS) is 15.0. The zero-order valence-corrected chi connectivity index (χ0v) is 17.1. The minimum absolute atomic E-state index is 0.293. The zero-order chi connectivity index (χ0) is 20.6. The second-order valence-corrected chi connectivity index (χ2v) is 8.81. The molecule has 1 saturated carbocycles. The van der Waals surface area contributed by atoms with Crippen LogP contribution in [-0.2, 0) is 0 Å². The number of fused-ring (bicyclic) bond motifs is 1. The third-order valence-corrected chi connectivity index (χ3v) is 6.67. The monoisotopic (exact) mass is 458 g/mol. The van der Waals surface area contributed by atoms with Crippen LogP contribution in [0.15, 0.2) is 23.2 Å². The van der Waals surface area contributed by atoms with E-state index in [9.17, 15) is 13.2 Å². The van der Waals surface area contributed by atoms with Crippen molar-refractivity contribution in [2.45, 2.75) is 29.7 Å². The summed E-state index contributed by atoms with van der Waals surface area (Å²) in [5.41, 5.74) is 1.10. The first kappa shape index (κ1) is 20.5. The van der Waals surface area contributed by atoms with Gasteiger partial charge in [0.25, 0.3) is 6.43 Å². The Bertz CT molecular complexity index is 1120. The summed E-state index contributed by atoms with van der Waals surface area (Å²) < 4.78 is 43.9. The minimum atomic E-state index is -2.71. The van der Waals surface area contributed by atoms with Crippen LogP contribution in [0.3, 0.4) is 0 Å². The van der Waals surface area contributed by atoms with Crippen molar-refractivity contribution in [3.63, 3.8) is 0 Å². The van der Waals surface area contributed by atoms with Crippen LogP contribution in [0, 0.1) is 11.8 Å². The van der Waals surface area contributed by atoms with Gasteiger partial charge in [0.05, 0.1) is 27.3 Å². The highest BCUT2D eigenvalue weighted by Gasteiger charge is 2.42. The first-order valence-corrected chi connectivity index (χ1v) is 10.5. The van der Waals surface area contributed by atoms with Gasteiger partial charge in [-0.2, -0.15) is 0 Å². The van der Waals surface area contributed by atoms with Gasteiger partial charge in [-0.25, -0.2) is 13.2 Å². The minimum Gasteiger partial charge on any atom is -0.384 e. The Hall–Kier alpha value is -1.77. The van der Waals surface area contributed by atoms with Gasteiger partial charge in [-0.3, -0.25) is 4.72 Å². The number of hydrogen-bond acceptors (Lipinski definition) is 6. The van der Waals surface area contributed by atoms with Gasteiger partial charge in [0.15, 0.2) is 10.0 Å².